The van der Waals surface area contributed by atoms with E-state index in [1.807, 2.05) is 11.3 Å². The molecule has 0 radical (unpaired) electrons. The third-order valence-electron chi connectivity index (χ3n) is 4.83. The fourth-order valence-electron chi connectivity index (χ4n) is 3.81. The Bertz CT molecular complexity index is 362. The normalized spacial score (nSPS) is 30.7. The molecule has 2 nitrogen and oxygen atoms in total. The molecule has 3 atom stereocenters. The smallest absolute Gasteiger partial charge is 0.0328 e. The van der Waals surface area contributed by atoms with Crippen LogP contribution in [0.2, 0.25) is 0 Å². The fraction of sp³-hybridized carbons (Fsp3) is 0.750. The van der Waals surface area contributed by atoms with Gasteiger partial charge in [-0.05, 0) is 43.2 Å². The van der Waals surface area contributed by atoms with Gasteiger partial charge in [-0.1, -0.05) is 25.8 Å². The predicted octanol–water partition coefficient (Wildman–Crippen LogP) is 3.49. The minimum Gasteiger partial charge on any atom is -0.310 e. The molecule has 2 fully saturated rings. The Kier molecular flexibility index (Phi) is 4.57. The highest BCUT2D eigenvalue weighted by atomic mass is 32.1. The second-order valence-corrected chi connectivity index (χ2v) is 7.19. The van der Waals surface area contributed by atoms with Gasteiger partial charge in [0.1, 0.15) is 0 Å². The molecule has 1 aliphatic heterocycles. The van der Waals surface area contributed by atoms with Crippen molar-refractivity contribution in [3.05, 3.63) is 22.4 Å². The van der Waals surface area contributed by atoms with Crippen molar-refractivity contribution < 1.29 is 0 Å². The molecule has 2 heterocycles. The summed E-state index contributed by atoms with van der Waals surface area (Å²) in [4.78, 5) is 4.10. The first kappa shape index (κ1) is 13.6. The highest BCUT2D eigenvalue weighted by molar-refractivity contribution is 7.09. The van der Waals surface area contributed by atoms with E-state index in [1.165, 1.54) is 43.5 Å². The Morgan fingerprint density at radius 1 is 1.37 bits per heavy atom. The lowest BCUT2D eigenvalue weighted by Crippen LogP contribution is -2.40. The number of thiophene rings is 1. The zero-order valence-corrected chi connectivity index (χ0v) is 12.8. The van der Waals surface area contributed by atoms with Crippen LogP contribution >= 0.6 is 11.3 Å². The van der Waals surface area contributed by atoms with Crippen molar-refractivity contribution >= 4 is 11.3 Å². The Morgan fingerprint density at radius 2 is 2.26 bits per heavy atom. The molecule has 1 aliphatic carbocycles. The number of fused-ring (bicyclic) bond motifs is 1. The Balaban J connectivity index is 1.52. The van der Waals surface area contributed by atoms with Crippen LogP contribution in [0.3, 0.4) is 0 Å². The summed E-state index contributed by atoms with van der Waals surface area (Å²) in [7, 11) is 0. The first-order valence-electron chi connectivity index (χ1n) is 7.86. The zero-order valence-electron chi connectivity index (χ0n) is 12.0. The molecule has 0 amide bonds. The van der Waals surface area contributed by atoms with E-state index >= 15 is 0 Å². The minimum absolute atomic E-state index is 0.730. The summed E-state index contributed by atoms with van der Waals surface area (Å²) in [5.74, 6) is 0.971. The number of hydrogen-bond acceptors (Lipinski definition) is 3. The van der Waals surface area contributed by atoms with Crippen molar-refractivity contribution in [1.29, 1.82) is 0 Å². The van der Waals surface area contributed by atoms with Gasteiger partial charge in [0.15, 0.2) is 0 Å². The second-order valence-electron chi connectivity index (χ2n) is 6.16. The maximum Gasteiger partial charge on any atom is 0.0328 e. The van der Waals surface area contributed by atoms with Crippen LogP contribution in [0.25, 0.3) is 0 Å². The largest absolute Gasteiger partial charge is 0.310 e. The standard InChI is InChI=1S/C16H26N2S/c1-2-18(12-15-7-5-9-19-15)11-14-10-13-6-3-4-8-16(13)17-14/h5,7,9,13-14,16-17H,2-4,6,8,10-12H2,1H3. The Morgan fingerprint density at radius 3 is 3.00 bits per heavy atom. The molecule has 1 aromatic heterocycles. The van der Waals surface area contributed by atoms with Crippen molar-refractivity contribution in [3.8, 4) is 0 Å². The second kappa shape index (κ2) is 6.38. The van der Waals surface area contributed by atoms with E-state index in [1.54, 1.807) is 0 Å². The van der Waals surface area contributed by atoms with Gasteiger partial charge in [-0.25, -0.2) is 0 Å². The van der Waals surface area contributed by atoms with E-state index in [-0.39, 0.29) is 0 Å². The Hall–Kier alpha value is -0.380. The van der Waals surface area contributed by atoms with E-state index in [0.29, 0.717) is 0 Å². The first-order valence-corrected chi connectivity index (χ1v) is 8.74. The summed E-state index contributed by atoms with van der Waals surface area (Å²) in [5, 5.41) is 6.09. The number of hydrogen-bond donors (Lipinski definition) is 1. The summed E-state index contributed by atoms with van der Waals surface area (Å²) in [6.07, 6.45) is 7.19. The number of likely N-dealkylation sites (N-methyl/N-ethyl adjacent to an activating group) is 1. The summed E-state index contributed by atoms with van der Waals surface area (Å²) >= 11 is 1.88. The van der Waals surface area contributed by atoms with E-state index in [0.717, 1.165) is 31.1 Å². The monoisotopic (exact) mass is 278 g/mol. The van der Waals surface area contributed by atoms with Crippen molar-refractivity contribution in [2.45, 2.75) is 57.7 Å². The van der Waals surface area contributed by atoms with Crippen LogP contribution in [0.4, 0.5) is 0 Å². The molecule has 2 aliphatic rings. The third-order valence-corrected chi connectivity index (χ3v) is 5.69. The molecular formula is C16H26N2S. The van der Waals surface area contributed by atoms with Gasteiger partial charge in [0.25, 0.3) is 0 Å². The van der Waals surface area contributed by atoms with Gasteiger partial charge in [0.05, 0.1) is 0 Å². The molecule has 3 heteroatoms. The first-order chi connectivity index (χ1) is 9.35. The molecule has 0 aromatic carbocycles. The predicted molar refractivity (Wildman–Crippen MR) is 82.6 cm³/mol. The van der Waals surface area contributed by atoms with Crippen LogP contribution in [0.1, 0.15) is 43.9 Å². The topological polar surface area (TPSA) is 15.3 Å². The maximum atomic E-state index is 3.90. The number of rotatable bonds is 5. The summed E-state index contributed by atoms with van der Waals surface area (Å²) in [6.45, 7) is 5.80. The molecule has 3 unspecified atom stereocenters. The maximum absolute atomic E-state index is 3.90. The quantitative estimate of drug-likeness (QED) is 0.887. The summed E-state index contributed by atoms with van der Waals surface area (Å²) in [6, 6.07) is 5.98. The van der Waals surface area contributed by atoms with Crippen molar-refractivity contribution in [2.24, 2.45) is 5.92 Å². The van der Waals surface area contributed by atoms with Gasteiger partial charge in [-0.3, -0.25) is 4.90 Å². The molecular weight excluding hydrogens is 252 g/mol. The van der Waals surface area contributed by atoms with Crippen molar-refractivity contribution in [1.82, 2.24) is 10.2 Å². The van der Waals surface area contributed by atoms with Gasteiger partial charge < -0.3 is 5.32 Å². The van der Waals surface area contributed by atoms with Crippen LogP contribution in [0, 0.1) is 5.92 Å². The minimum atomic E-state index is 0.730. The van der Waals surface area contributed by atoms with E-state index in [9.17, 15) is 0 Å². The van der Waals surface area contributed by atoms with Crippen molar-refractivity contribution in [2.75, 3.05) is 13.1 Å². The average Bonchev–Trinajstić information content (AvgIpc) is 3.06. The molecule has 3 rings (SSSR count). The van der Waals surface area contributed by atoms with Crippen LogP contribution in [-0.2, 0) is 6.54 Å². The van der Waals surface area contributed by atoms with Gasteiger partial charge in [-0.15, -0.1) is 11.3 Å². The van der Waals surface area contributed by atoms with Crippen molar-refractivity contribution in [3.63, 3.8) is 0 Å². The van der Waals surface area contributed by atoms with Crippen LogP contribution in [-0.4, -0.2) is 30.1 Å². The van der Waals surface area contributed by atoms with E-state index in [4.69, 9.17) is 0 Å². The van der Waals surface area contributed by atoms with E-state index < -0.39 is 0 Å². The summed E-state index contributed by atoms with van der Waals surface area (Å²) in [5.41, 5.74) is 0. The molecule has 1 saturated heterocycles. The average molecular weight is 278 g/mol. The van der Waals surface area contributed by atoms with Gasteiger partial charge in [-0.2, -0.15) is 0 Å². The SMILES string of the molecule is CCN(Cc1cccs1)CC1CC2CCCCC2N1. The Labute approximate surface area is 121 Å². The number of nitrogens with zero attached hydrogens (tertiary/aromatic N) is 1. The molecule has 1 N–H and O–H groups in total. The molecule has 0 spiro atoms. The third kappa shape index (κ3) is 3.39. The molecule has 106 valence electrons. The van der Waals surface area contributed by atoms with Crippen LogP contribution in [0.5, 0.6) is 0 Å². The fourth-order valence-corrected chi connectivity index (χ4v) is 4.56. The van der Waals surface area contributed by atoms with E-state index in [2.05, 4.69) is 34.7 Å². The van der Waals surface area contributed by atoms with Gasteiger partial charge in [0, 0.05) is 30.1 Å². The lowest BCUT2D eigenvalue weighted by molar-refractivity contribution is 0.252. The van der Waals surface area contributed by atoms with Gasteiger partial charge in [0.2, 0.25) is 0 Å². The molecule has 19 heavy (non-hydrogen) atoms. The van der Waals surface area contributed by atoms with Crippen LogP contribution in [0.15, 0.2) is 17.5 Å². The van der Waals surface area contributed by atoms with Crippen LogP contribution < -0.4 is 5.32 Å². The highest BCUT2D eigenvalue weighted by Crippen LogP contribution is 2.33. The summed E-state index contributed by atoms with van der Waals surface area (Å²) < 4.78 is 0. The molecule has 1 aromatic rings. The molecule has 0 bridgehead atoms. The number of nitrogens with one attached hydrogen (secondary N) is 1. The zero-order chi connectivity index (χ0) is 13.1. The molecule has 1 saturated carbocycles. The highest BCUT2D eigenvalue weighted by Gasteiger charge is 2.35. The lowest BCUT2D eigenvalue weighted by Gasteiger charge is -2.25. The van der Waals surface area contributed by atoms with Gasteiger partial charge >= 0.3 is 0 Å². The lowest BCUT2D eigenvalue weighted by atomic mass is 9.85.